The summed E-state index contributed by atoms with van der Waals surface area (Å²) in [4.78, 5) is 19.2. The third kappa shape index (κ3) is 1.60. The zero-order valence-electron chi connectivity index (χ0n) is 9.81. The first-order valence-corrected chi connectivity index (χ1v) is 5.99. The summed E-state index contributed by atoms with van der Waals surface area (Å²) in [6.45, 7) is 2.10. The molecule has 1 atom stereocenters. The normalized spacial score (nSPS) is 16.9. The Kier molecular flexibility index (Phi) is 2.35. The van der Waals surface area contributed by atoms with Gasteiger partial charge in [0.1, 0.15) is 5.82 Å². The summed E-state index contributed by atoms with van der Waals surface area (Å²) in [5.41, 5.74) is 2.06. The van der Waals surface area contributed by atoms with Gasteiger partial charge in [0.25, 0.3) is 0 Å². The highest BCUT2D eigenvalue weighted by atomic mass is 16.1. The Balaban J connectivity index is 2.02. The van der Waals surface area contributed by atoms with Gasteiger partial charge in [0.05, 0.1) is 6.04 Å². The number of hydrogen-bond donors (Lipinski definition) is 1. The molecule has 2 aromatic rings. The maximum absolute atomic E-state index is 11.8. The zero-order valence-corrected chi connectivity index (χ0v) is 9.81. The van der Waals surface area contributed by atoms with Crippen molar-refractivity contribution >= 4 is 5.78 Å². The van der Waals surface area contributed by atoms with Crippen LogP contribution >= 0.6 is 0 Å². The molecule has 2 aromatic heterocycles. The van der Waals surface area contributed by atoms with Gasteiger partial charge in [-0.15, -0.1) is 0 Å². The van der Waals surface area contributed by atoms with Gasteiger partial charge in [0, 0.05) is 36.3 Å². The fourth-order valence-electron chi connectivity index (χ4n) is 2.55. The monoisotopic (exact) mass is 229 g/mol. The minimum atomic E-state index is 0.152. The molecule has 4 heteroatoms. The Morgan fingerprint density at radius 3 is 3.12 bits per heavy atom. The Morgan fingerprint density at radius 2 is 2.35 bits per heavy atom. The number of nitrogens with one attached hydrogen (secondary N) is 1. The van der Waals surface area contributed by atoms with Gasteiger partial charge in [-0.3, -0.25) is 4.79 Å². The highest BCUT2D eigenvalue weighted by Gasteiger charge is 2.23. The zero-order chi connectivity index (χ0) is 11.8. The third-order valence-electron chi connectivity index (χ3n) is 3.47. The predicted molar refractivity (Wildman–Crippen MR) is 64.1 cm³/mol. The molecule has 4 nitrogen and oxygen atoms in total. The minimum Gasteiger partial charge on any atom is -0.347 e. The molecule has 0 amide bonds. The van der Waals surface area contributed by atoms with Crippen molar-refractivity contribution in [2.75, 3.05) is 0 Å². The highest BCUT2D eigenvalue weighted by molar-refractivity contribution is 5.98. The predicted octanol–water partition coefficient (Wildman–Crippen LogP) is 2.34. The molecule has 3 rings (SSSR count). The van der Waals surface area contributed by atoms with Crippen molar-refractivity contribution in [3.05, 3.63) is 41.7 Å². The molecule has 2 heterocycles. The van der Waals surface area contributed by atoms with Crippen molar-refractivity contribution in [2.24, 2.45) is 0 Å². The van der Waals surface area contributed by atoms with Gasteiger partial charge in [0.2, 0.25) is 0 Å². The number of nitrogens with zero attached hydrogens (tertiary/aromatic N) is 2. The van der Waals surface area contributed by atoms with E-state index in [0.29, 0.717) is 6.42 Å². The molecule has 17 heavy (non-hydrogen) atoms. The molecule has 0 aromatic carbocycles. The molecular formula is C13H15N3O. The van der Waals surface area contributed by atoms with Crippen molar-refractivity contribution in [2.45, 2.75) is 32.2 Å². The number of rotatable bonds is 2. The van der Waals surface area contributed by atoms with Crippen LogP contribution in [0.1, 0.15) is 47.7 Å². The molecule has 0 spiro atoms. The average Bonchev–Trinajstić information content (AvgIpc) is 2.98. The molecule has 1 unspecified atom stereocenters. The van der Waals surface area contributed by atoms with Crippen LogP contribution in [-0.2, 0) is 6.42 Å². The molecule has 0 saturated carbocycles. The van der Waals surface area contributed by atoms with Gasteiger partial charge < -0.3 is 9.55 Å². The largest absolute Gasteiger partial charge is 0.347 e. The molecule has 1 aliphatic carbocycles. The van der Waals surface area contributed by atoms with E-state index in [-0.39, 0.29) is 11.8 Å². The molecule has 1 aliphatic rings. The number of aromatic amines is 1. The van der Waals surface area contributed by atoms with E-state index < -0.39 is 0 Å². The summed E-state index contributed by atoms with van der Waals surface area (Å²) in [5, 5.41) is 0. The molecule has 88 valence electrons. The maximum Gasteiger partial charge on any atom is 0.164 e. The molecule has 0 bridgehead atoms. The van der Waals surface area contributed by atoms with E-state index in [1.807, 2.05) is 18.5 Å². The quantitative estimate of drug-likeness (QED) is 0.859. The number of Topliss-reactive ketones (excluding diaryl/α,β-unsaturated/α-hetero) is 1. The maximum atomic E-state index is 11.8. The number of fused-ring (bicyclic) bond motifs is 1. The van der Waals surface area contributed by atoms with Crippen molar-refractivity contribution < 1.29 is 4.79 Å². The van der Waals surface area contributed by atoms with E-state index in [9.17, 15) is 4.79 Å². The summed E-state index contributed by atoms with van der Waals surface area (Å²) in [6.07, 6.45) is 8.22. The van der Waals surface area contributed by atoms with Crippen LogP contribution in [-0.4, -0.2) is 20.3 Å². The third-order valence-corrected chi connectivity index (χ3v) is 3.47. The van der Waals surface area contributed by atoms with Crippen LogP contribution in [0, 0.1) is 0 Å². The molecule has 0 aliphatic heterocycles. The smallest absolute Gasteiger partial charge is 0.164 e. The van der Waals surface area contributed by atoms with Crippen LogP contribution in [0.4, 0.5) is 0 Å². The lowest BCUT2D eigenvalue weighted by atomic mass is 9.96. The van der Waals surface area contributed by atoms with Gasteiger partial charge >= 0.3 is 0 Å². The first-order valence-electron chi connectivity index (χ1n) is 5.99. The van der Waals surface area contributed by atoms with Crippen LogP contribution in [0.15, 0.2) is 24.7 Å². The standard InChI is InChI=1S/C13H15N3O/c1-9(13-14-6-7-15-13)16-8-5-10-11(16)3-2-4-12(10)17/h5-9H,2-4H2,1H3,(H,14,15). The minimum absolute atomic E-state index is 0.152. The molecule has 0 saturated heterocycles. The first kappa shape index (κ1) is 10.3. The van der Waals surface area contributed by atoms with Crippen LogP contribution in [0.5, 0.6) is 0 Å². The molecule has 0 radical (unpaired) electrons. The van der Waals surface area contributed by atoms with E-state index >= 15 is 0 Å². The number of imidazole rings is 1. The molecule has 0 fully saturated rings. The second-order valence-corrected chi connectivity index (χ2v) is 4.51. The summed E-state index contributed by atoms with van der Waals surface area (Å²) < 4.78 is 2.16. The number of carbonyl (C=O) groups excluding carboxylic acids is 1. The summed E-state index contributed by atoms with van der Waals surface area (Å²) in [6, 6.07) is 2.09. The van der Waals surface area contributed by atoms with E-state index in [2.05, 4.69) is 21.5 Å². The van der Waals surface area contributed by atoms with E-state index in [1.54, 1.807) is 6.20 Å². The Labute approximate surface area is 99.7 Å². The van der Waals surface area contributed by atoms with Crippen LogP contribution in [0.3, 0.4) is 0 Å². The van der Waals surface area contributed by atoms with E-state index in [4.69, 9.17) is 0 Å². The molecular weight excluding hydrogens is 214 g/mol. The Morgan fingerprint density at radius 1 is 1.47 bits per heavy atom. The number of hydrogen-bond acceptors (Lipinski definition) is 2. The average molecular weight is 229 g/mol. The van der Waals surface area contributed by atoms with E-state index in [1.165, 1.54) is 0 Å². The van der Waals surface area contributed by atoms with Gasteiger partial charge in [-0.1, -0.05) is 0 Å². The SMILES string of the molecule is CC(c1ncc[nH]1)n1ccc2c1CCCC2=O. The fourth-order valence-corrected chi connectivity index (χ4v) is 2.55. The van der Waals surface area contributed by atoms with Crippen LogP contribution in [0.25, 0.3) is 0 Å². The second kappa shape index (κ2) is 3.87. The number of carbonyl (C=O) groups is 1. The molecule has 1 N–H and O–H groups in total. The second-order valence-electron chi connectivity index (χ2n) is 4.51. The number of ketones is 1. The van der Waals surface area contributed by atoms with Crippen molar-refractivity contribution in [3.63, 3.8) is 0 Å². The van der Waals surface area contributed by atoms with E-state index in [0.717, 1.165) is 29.9 Å². The summed E-state index contributed by atoms with van der Waals surface area (Å²) >= 11 is 0. The number of aromatic nitrogens is 3. The summed E-state index contributed by atoms with van der Waals surface area (Å²) in [7, 11) is 0. The van der Waals surface area contributed by atoms with Gasteiger partial charge in [-0.2, -0.15) is 0 Å². The van der Waals surface area contributed by atoms with Crippen molar-refractivity contribution in [1.29, 1.82) is 0 Å². The Bertz CT molecular complexity index is 539. The van der Waals surface area contributed by atoms with Gasteiger partial charge in [0.15, 0.2) is 5.78 Å². The lowest BCUT2D eigenvalue weighted by Crippen LogP contribution is -2.16. The van der Waals surface area contributed by atoms with Crippen molar-refractivity contribution in [1.82, 2.24) is 14.5 Å². The lowest BCUT2D eigenvalue weighted by Gasteiger charge is -2.19. The Hall–Kier alpha value is -1.84. The van der Waals surface area contributed by atoms with Gasteiger partial charge in [-0.25, -0.2) is 4.98 Å². The van der Waals surface area contributed by atoms with Gasteiger partial charge in [-0.05, 0) is 25.8 Å². The van der Waals surface area contributed by atoms with Crippen LogP contribution < -0.4 is 0 Å². The first-order chi connectivity index (χ1) is 8.27. The lowest BCUT2D eigenvalue weighted by molar-refractivity contribution is 0.0971. The topological polar surface area (TPSA) is 50.7 Å². The summed E-state index contributed by atoms with van der Waals surface area (Å²) in [5.74, 6) is 1.21. The highest BCUT2D eigenvalue weighted by Crippen LogP contribution is 2.26. The van der Waals surface area contributed by atoms with Crippen LogP contribution in [0.2, 0.25) is 0 Å². The van der Waals surface area contributed by atoms with Crippen molar-refractivity contribution in [3.8, 4) is 0 Å². The number of H-pyrrole nitrogens is 1. The fraction of sp³-hybridized carbons (Fsp3) is 0.385.